The van der Waals surface area contributed by atoms with E-state index < -0.39 is 18.2 Å². The summed E-state index contributed by atoms with van der Waals surface area (Å²) in [5.41, 5.74) is 0.541. The number of piperidine rings is 1. The summed E-state index contributed by atoms with van der Waals surface area (Å²) >= 11 is 1.33. The van der Waals surface area contributed by atoms with Gasteiger partial charge in [-0.15, -0.1) is 21.5 Å². The van der Waals surface area contributed by atoms with E-state index in [0.717, 1.165) is 0 Å². The van der Waals surface area contributed by atoms with Crippen LogP contribution in [-0.2, 0) is 13.6 Å². The number of halogens is 3. The van der Waals surface area contributed by atoms with E-state index in [1.807, 2.05) is 16.3 Å². The van der Waals surface area contributed by atoms with E-state index in [1.54, 1.807) is 11.4 Å². The average Bonchev–Trinajstić information content (AvgIpc) is 3.25. The van der Waals surface area contributed by atoms with Gasteiger partial charge in [-0.25, -0.2) is 0 Å². The highest BCUT2D eigenvalue weighted by molar-refractivity contribution is 7.17. The standard InChI is InChI=1S/C16H18F3N5O2S/c1-22-14(26)12-10(4-6-27-12)24-11(20-21-15(22)24)8-23-5-2-3-9(7-23)13(25)16(17,18)19/h4,6,9,13,25H,2-3,5,7-8H2,1H3. The van der Waals surface area contributed by atoms with Crippen molar-refractivity contribution in [1.82, 2.24) is 24.1 Å². The van der Waals surface area contributed by atoms with Crippen molar-refractivity contribution in [3.05, 3.63) is 27.6 Å². The second kappa shape index (κ2) is 6.57. The van der Waals surface area contributed by atoms with Gasteiger partial charge in [0.05, 0.1) is 12.1 Å². The number of likely N-dealkylation sites (tertiary alicyclic amines) is 1. The van der Waals surface area contributed by atoms with Crippen LogP contribution in [0.1, 0.15) is 18.7 Å². The largest absolute Gasteiger partial charge is 0.414 e. The van der Waals surface area contributed by atoms with Crippen LogP contribution >= 0.6 is 11.3 Å². The van der Waals surface area contributed by atoms with Crippen molar-refractivity contribution in [2.75, 3.05) is 13.1 Å². The van der Waals surface area contributed by atoms with Crippen molar-refractivity contribution in [2.24, 2.45) is 13.0 Å². The van der Waals surface area contributed by atoms with Crippen LogP contribution in [0.3, 0.4) is 0 Å². The minimum absolute atomic E-state index is 0.133. The summed E-state index contributed by atoms with van der Waals surface area (Å²) in [6.07, 6.45) is -6.03. The molecule has 3 aromatic heterocycles. The fraction of sp³-hybridized carbons (Fsp3) is 0.562. The Morgan fingerprint density at radius 2 is 2.19 bits per heavy atom. The van der Waals surface area contributed by atoms with Gasteiger partial charge in [0.15, 0.2) is 11.9 Å². The SMILES string of the molecule is Cn1c(=O)c2sccc2n2c(CN3CCCC(C(O)C(F)(F)F)C3)nnc12. The summed E-state index contributed by atoms with van der Waals surface area (Å²) in [5.74, 6) is 0.0967. The molecule has 4 heterocycles. The normalized spacial score (nSPS) is 20.6. The number of rotatable bonds is 3. The fourth-order valence-corrected chi connectivity index (χ4v) is 4.57. The summed E-state index contributed by atoms with van der Waals surface area (Å²) in [4.78, 5) is 14.2. The maximum Gasteiger partial charge on any atom is 0.414 e. The van der Waals surface area contributed by atoms with Gasteiger partial charge in [-0.3, -0.25) is 18.7 Å². The molecule has 0 bridgehead atoms. The first-order valence-corrected chi connectivity index (χ1v) is 9.42. The first-order chi connectivity index (χ1) is 12.8. The van der Waals surface area contributed by atoms with Gasteiger partial charge in [-0.05, 0) is 30.8 Å². The minimum atomic E-state index is -4.61. The molecule has 146 valence electrons. The molecule has 1 aliphatic heterocycles. The molecule has 4 rings (SSSR count). The number of thiophene rings is 1. The van der Waals surface area contributed by atoms with E-state index >= 15 is 0 Å². The third-order valence-corrected chi connectivity index (χ3v) is 5.98. The monoisotopic (exact) mass is 401 g/mol. The van der Waals surface area contributed by atoms with Crippen LogP contribution in [0.25, 0.3) is 16.0 Å². The Balaban J connectivity index is 1.65. The number of aromatic nitrogens is 4. The maximum atomic E-state index is 12.8. The van der Waals surface area contributed by atoms with E-state index in [1.165, 1.54) is 15.9 Å². The van der Waals surface area contributed by atoms with Crippen LogP contribution < -0.4 is 5.56 Å². The van der Waals surface area contributed by atoms with Crippen LogP contribution in [0, 0.1) is 5.92 Å². The van der Waals surface area contributed by atoms with Crippen LogP contribution in [0.5, 0.6) is 0 Å². The minimum Gasteiger partial charge on any atom is -0.383 e. The molecule has 2 unspecified atom stereocenters. The number of hydrogen-bond acceptors (Lipinski definition) is 6. The molecule has 1 saturated heterocycles. The predicted molar refractivity (Wildman–Crippen MR) is 93.7 cm³/mol. The Morgan fingerprint density at radius 1 is 1.41 bits per heavy atom. The van der Waals surface area contributed by atoms with E-state index in [2.05, 4.69) is 10.2 Å². The highest BCUT2D eigenvalue weighted by Gasteiger charge is 2.44. The Kier molecular flexibility index (Phi) is 4.47. The molecule has 27 heavy (non-hydrogen) atoms. The number of alkyl halides is 3. The third-order valence-electron chi connectivity index (χ3n) is 5.09. The summed E-state index contributed by atoms with van der Waals surface area (Å²) in [5, 5.41) is 19.7. The third kappa shape index (κ3) is 3.13. The van der Waals surface area contributed by atoms with Gasteiger partial charge in [-0.2, -0.15) is 13.2 Å². The molecule has 0 spiro atoms. The quantitative estimate of drug-likeness (QED) is 0.724. The molecule has 0 aromatic carbocycles. The Bertz CT molecular complexity index is 1040. The summed E-state index contributed by atoms with van der Waals surface area (Å²) in [6, 6.07) is 1.81. The number of aliphatic hydroxyl groups is 1. The van der Waals surface area contributed by atoms with Crippen molar-refractivity contribution in [3.8, 4) is 0 Å². The molecule has 1 aliphatic rings. The molecular formula is C16H18F3N5O2S. The van der Waals surface area contributed by atoms with Gasteiger partial charge in [0, 0.05) is 19.5 Å². The average molecular weight is 401 g/mol. The van der Waals surface area contributed by atoms with Crippen molar-refractivity contribution in [1.29, 1.82) is 0 Å². The lowest BCUT2D eigenvalue weighted by Gasteiger charge is -2.35. The lowest BCUT2D eigenvalue weighted by Crippen LogP contribution is -2.45. The topological polar surface area (TPSA) is 75.7 Å². The molecule has 0 amide bonds. The second-order valence-corrected chi connectivity index (χ2v) is 7.79. The molecule has 0 radical (unpaired) electrons. The Labute approximate surface area is 155 Å². The van der Waals surface area contributed by atoms with Crippen molar-refractivity contribution < 1.29 is 18.3 Å². The Hall–Kier alpha value is -1.98. The number of fused-ring (bicyclic) bond motifs is 3. The van der Waals surface area contributed by atoms with Crippen LogP contribution in [0.15, 0.2) is 16.2 Å². The highest BCUT2D eigenvalue weighted by Crippen LogP contribution is 2.31. The summed E-state index contributed by atoms with van der Waals surface area (Å²) < 4.78 is 42.3. The van der Waals surface area contributed by atoms with Crippen molar-refractivity contribution in [2.45, 2.75) is 31.7 Å². The van der Waals surface area contributed by atoms with Crippen molar-refractivity contribution in [3.63, 3.8) is 0 Å². The second-order valence-electron chi connectivity index (χ2n) is 6.87. The zero-order chi connectivity index (χ0) is 19.3. The lowest BCUT2D eigenvalue weighted by molar-refractivity contribution is -0.223. The first-order valence-electron chi connectivity index (χ1n) is 8.54. The van der Waals surface area contributed by atoms with Gasteiger partial charge in [0.25, 0.3) is 5.56 Å². The van der Waals surface area contributed by atoms with E-state index in [0.29, 0.717) is 47.7 Å². The fourth-order valence-electron chi connectivity index (χ4n) is 3.72. The molecule has 7 nitrogen and oxygen atoms in total. The van der Waals surface area contributed by atoms with Gasteiger partial charge in [0.1, 0.15) is 4.70 Å². The summed E-state index contributed by atoms with van der Waals surface area (Å²) in [6.45, 7) is 1.05. The summed E-state index contributed by atoms with van der Waals surface area (Å²) in [7, 11) is 1.62. The molecule has 3 aromatic rings. The zero-order valence-electron chi connectivity index (χ0n) is 14.5. The number of aryl methyl sites for hydroxylation is 1. The molecule has 1 fully saturated rings. The van der Waals surface area contributed by atoms with E-state index in [-0.39, 0.29) is 12.1 Å². The lowest BCUT2D eigenvalue weighted by atomic mass is 9.92. The van der Waals surface area contributed by atoms with Gasteiger partial charge in [-0.1, -0.05) is 0 Å². The highest BCUT2D eigenvalue weighted by atomic mass is 32.1. The van der Waals surface area contributed by atoms with E-state index in [4.69, 9.17) is 0 Å². The first kappa shape index (κ1) is 18.4. The van der Waals surface area contributed by atoms with Gasteiger partial charge >= 0.3 is 6.18 Å². The molecule has 2 atom stereocenters. The van der Waals surface area contributed by atoms with Crippen molar-refractivity contribution >= 4 is 27.3 Å². The van der Waals surface area contributed by atoms with Gasteiger partial charge < -0.3 is 5.11 Å². The van der Waals surface area contributed by atoms with Crippen LogP contribution in [0.4, 0.5) is 13.2 Å². The molecule has 1 N–H and O–H groups in total. The molecule has 0 aliphatic carbocycles. The number of nitrogens with zero attached hydrogens (tertiary/aromatic N) is 5. The molecule has 0 saturated carbocycles. The smallest absolute Gasteiger partial charge is 0.383 e. The molecular weight excluding hydrogens is 383 g/mol. The van der Waals surface area contributed by atoms with Crippen LogP contribution in [0.2, 0.25) is 0 Å². The Morgan fingerprint density at radius 3 is 2.93 bits per heavy atom. The zero-order valence-corrected chi connectivity index (χ0v) is 15.3. The number of aliphatic hydroxyl groups excluding tert-OH is 1. The number of hydrogen-bond donors (Lipinski definition) is 1. The van der Waals surface area contributed by atoms with Gasteiger partial charge in [0.2, 0.25) is 5.78 Å². The molecule has 11 heteroatoms. The van der Waals surface area contributed by atoms with Crippen LogP contribution in [-0.4, -0.2) is 54.5 Å². The maximum absolute atomic E-state index is 12.8. The predicted octanol–water partition coefficient (Wildman–Crippen LogP) is 1.78. The van der Waals surface area contributed by atoms with E-state index in [9.17, 15) is 23.1 Å².